The summed E-state index contributed by atoms with van der Waals surface area (Å²) in [5.41, 5.74) is 2.47. The van der Waals surface area contributed by atoms with Crippen molar-refractivity contribution in [2.75, 3.05) is 38.1 Å². The molecule has 42 heavy (non-hydrogen) atoms. The lowest BCUT2D eigenvalue weighted by Gasteiger charge is -2.15. The standard InChI is InChI=1S/C29H31F2N7O4/c1-39-21-4-3-17(23(9-21)40-2)12-32-26-11-27(37-29(36-26)28(30)31)35-25-10-24(42-20-5-6-20)22(14-33-25)18-13-34-38(15-18)19-7-8-41-16-19/h3-4,9-11,13-15,19-20,28H,5-8,12,16H2,1-2H3,(H2,32,33,35,36,37). The summed E-state index contributed by atoms with van der Waals surface area (Å²) < 4.78 is 51.8. The first-order chi connectivity index (χ1) is 20.5. The van der Waals surface area contributed by atoms with Crippen molar-refractivity contribution < 1.29 is 27.7 Å². The van der Waals surface area contributed by atoms with Crippen LogP contribution in [0, 0.1) is 0 Å². The Hall–Kier alpha value is -4.52. The Morgan fingerprint density at radius 3 is 2.60 bits per heavy atom. The number of halogens is 2. The molecule has 0 bridgehead atoms. The summed E-state index contributed by atoms with van der Waals surface area (Å²) >= 11 is 0. The second-order valence-corrected chi connectivity index (χ2v) is 10.1. The Kier molecular flexibility index (Phi) is 8.00. The van der Waals surface area contributed by atoms with Gasteiger partial charge in [0.1, 0.15) is 34.7 Å². The van der Waals surface area contributed by atoms with Crippen LogP contribution >= 0.6 is 0 Å². The Morgan fingerprint density at radius 2 is 1.86 bits per heavy atom. The van der Waals surface area contributed by atoms with Crippen molar-refractivity contribution >= 4 is 17.5 Å². The number of methoxy groups -OCH3 is 2. The molecule has 13 heteroatoms. The first-order valence-electron chi connectivity index (χ1n) is 13.7. The van der Waals surface area contributed by atoms with Crippen molar-refractivity contribution in [1.82, 2.24) is 24.7 Å². The fourth-order valence-corrected chi connectivity index (χ4v) is 4.63. The van der Waals surface area contributed by atoms with Gasteiger partial charge in [-0.15, -0.1) is 0 Å². The summed E-state index contributed by atoms with van der Waals surface area (Å²) in [5.74, 6) is 2.03. The van der Waals surface area contributed by atoms with Crippen LogP contribution in [-0.2, 0) is 11.3 Å². The van der Waals surface area contributed by atoms with E-state index in [1.54, 1.807) is 50.9 Å². The minimum atomic E-state index is -2.87. The minimum Gasteiger partial charge on any atom is -0.497 e. The van der Waals surface area contributed by atoms with E-state index in [2.05, 4.69) is 30.7 Å². The first-order valence-corrected chi connectivity index (χ1v) is 13.7. The summed E-state index contributed by atoms with van der Waals surface area (Å²) in [5, 5.41) is 10.7. The van der Waals surface area contributed by atoms with Crippen LogP contribution in [0.25, 0.3) is 11.1 Å². The van der Waals surface area contributed by atoms with Gasteiger partial charge in [-0.1, -0.05) is 0 Å². The third kappa shape index (κ3) is 6.35. The van der Waals surface area contributed by atoms with E-state index >= 15 is 0 Å². The second-order valence-electron chi connectivity index (χ2n) is 10.1. The molecule has 1 aliphatic carbocycles. The van der Waals surface area contributed by atoms with Gasteiger partial charge in [-0.25, -0.2) is 23.7 Å². The number of benzene rings is 1. The third-order valence-corrected chi connectivity index (χ3v) is 7.03. The van der Waals surface area contributed by atoms with Gasteiger partial charge in [0.05, 0.1) is 39.2 Å². The number of alkyl halides is 2. The van der Waals surface area contributed by atoms with Gasteiger partial charge in [0.2, 0.25) is 0 Å². The summed E-state index contributed by atoms with van der Waals surface area (Å²) in [6, 6.07) is 8.88. The van der Waals surface area contributed by atoms with Crippen LogP contribution in [0.5, 0.6) is 17.2 Å². The molecular formula is C29H31F2N7O4. The highest BCUT2D eigenvalue weighted by atomic mass is 19.3. The predicted molar refractivity (Wildman–Crippen MR) is 151 cm³/mol. The molecule has 0 radical (unpaired) electrons. The molecule has 2 fully saturated rings. The SMILES string of the molecule is COc1ccc(CNc2cc(Nc3cc(OC4CC4)c(-c4cnn(C5CCOC5)c4)cn3)nc(C(F)F)n2)c(OC)c1. The van der Waals surface area contributed by atoms with Crippen LogP contribution < -0.4 is 24.8 Å². The summed E-state index contributed by atoms with van der Waals surface area (Å²) in [7, 11) is 3.12. The largest absolute Gasteiger partial charge is 0.497 e. The molecule has 1 saturated heterocycles. The molecule has 3 aromatic heterocycles. The van der Waals surface area contributed by atoms with Gasteiger partial charge >= 0.3 is 0 Å². The van der Waals surface area contributed by atoms with Gasteiger partial charge in [0.25, 0.3) is 6.43 Å². The van der Waals surface area contributed by atoms with Crippen LogP contribution in [0.3, 0.4) is 0 Å². The van der Waals surface area contributed by atoms with Crippen LogP contribution in [0.1, 0.15) is 43.1 Å². The zero-order valence-electron chi connectivity index (χ0n) is 23.2. The van der Waals surface area contributed by atoms with E-state index in [1.165, 1.54) is 0 Å². The summed E-state index contributed by atoms with van der Waals surface area (Å²) in [6.45, 7) is 1.64. The maximum atomic E-state index is 13.7. The maximum absolute atomic E-state index is 13.7. The molecule has 4 aromatic rings. The Bertz CT molecular complexity index is 1540. The molecule has 6 rings (SSSR count). The molecule has 4 heterocycles. The van der Waals surface area contributed by atoms with Crippen LogP contribution in [0.15, 0.2) is 48.9 Å². The van der Waals surface area contributed by atoms with E-state index in [4.69, 9.17) is 18.9 Å². The molecule has 1 unspecified atom stereocenters. The monoisotopic (exact) mass is 579 g/mol. The lowest BCUT2D eigenvalue weighted by molar-refractivity contribution is 0.140. The molecule has 1 aromatic carbocycles. The molecular weight excluding hydrogens is 548 g/mol. The van der Waals surface area contributed by atoms with Gasteiger partial charge < -0.3 is 29.6 Å². The van der Waals surface area contributed by atoms with E-state index < -0.39 is 12.2 Å². The van der Waals surface area contributed by atoms with E-state index in [0.29, 0.717) is 29.7 Å². The van der Waals surface area contributed by atoms with Crippen LogP contribution in [0.2, 0.25) is 0 Å². The Balaban J connectivity index is 1.23. The number of ether oxygens (including phenoxy) is 4. The number of pyridine rings is 1. The van der Waals surface area contributed by atoms with Crippen molar-refractivity contribution in [2.45, 2.75) is 44.4 Å². The van der Waals surface area contributed by atoms with Crippen molar-refractivity contribution in [3.63, 3.8) is 0 Å². The molecule has 2 aliphatic rings. The van der Waals surface area contributed by atoms with Gasteiger partial charge in [0.15, 0.2) is 5.82 Å². The summed E-state index contributed by atoms with van der Waals surface area (Å²) in [4.78, 5) is 12.5. The van der Waals surface area contributed by atoms with E-state index in [-0.39, 0.29) is 30.3 Å². The van der Waals surface area contributed by atoms with Gasteiger partial charge in [-0.05, 0) is 31.4 Å². The number of hydrogen-bond acceptors (Lipinski definition) is 10. The highest BCUT2D eigenvalue weighted by Crippen LogP contribution is 2.37. The minimum absolute atomic E-state index is 0.132. The molecule has 0 spiro atoms. The third-order valence-electron chi connectivity index (χ3n) is 7.03. The zero-order valence-corrected chi connectivity index (χ0v) is 23.2. The highest BCUT2D eigenvalue weighted by molar-refractivity contribution is 5.71. The molecule has 1 saturated carbocycles. The van der Waals surface area contributed by atoms with Gasteiger partial charge in [-0.2, -0.15) is 5.10 Å². The normalized spacial score (nSPS) is 16.5. The fraction of sp³-hybridized carbons (Fsp3) is 0.379. The number of nitrogens with zero attached hydrogens (tertiary/aromatic N) is 5. The smallest absolute Gasteiger partial charge is 0.297 e. The molecule has 1 aliphatic heterocycles. The lowest BCUT2D eigenvalue weighted by atomic mass is 10.1. The van der Waals surface area contributed by atoms with Gasteiger partial charge in [-0.3, -0.25) is 4.68 Å². The van der Waals surface area contributed by atoms with Crippen molar-refractivity contribution in [3.8, 4) is 28.4 Å². The van der Waals surface area contributed by atoms with Crippen molar-refractivity contribution in [3.05, 3.63) is 60.3 Å². The zero-order chi connectivity index (χ0) is 29.1. The summed E-state index contributed by atoms with van der Waals surface area (Å²) in [6.07, 6.45) is 5.58. The van der Waals surface area contributed by atoms with Crippen LogP contribution in [0.4, 0.5) is 26.2 Å². The average molecular weight is 580 g/mol. The molecule has 0 amide bonds. The van der Waals surface area contributed by atoms with E-state index in [9.17, 15) is 8.78 Å². The quantitative estimate of drug-likeness (QED) is 0.221. The topological polar surface area (TPSA) is 117 Å². The molecule has 2 N–H and O–H groups in total. The fourth-order valence-electron chi connectivity index (χ4n) is 4.63. The molecule has 1 atom stereocenters. The number of hydrogen-bond donors (Lipinski definition) is 2. The Morgan fingerprint density at radius 1 is 1.00 bits per heavy atom. The average Bonchev–Trinajstić information content (AvgIpc) is 3.42. The molecule has 220 valence electrons. The number of aromatic nitrogens is 5. The van der Waals surface area contributed by atoms with E-state index in [0.717, 1.165) is 42.6 Å². The highest BCUT2D eigenvalue weighted by Gasteiger charge is 2.26. The molecule has 11 nitrogen and oxygen atoms in total. The van der Waals surface area contributed by atoms with E-state index in [1.807, 2.05) is 16.9 Å². The second kappa shape index (κ2) is 12.1. The van der Waals surface area contributed by atoms with Crippen LogP contribution in [-0.4, -0.2) is 58.3 Å². The predicted octanol–water partition coefficient (Wildman–Crippen LogP) is 5.55. The number of nitrogens with one attached hydrogen (secondary N) is 2. The Labute approximate surface area is 241 Å². The maximum Gasteiger partial charge on any atom is 0.297 e. The lowest BCUT2D eigenvalue weighted by Crippen LogP contribution is -2.08. The number of anilines is 3. The van der Waals surface area contributed by atoms with Crippen molar-refractivity contribution in [2.24, 2.45) is 0 Å². The number of rotatable bonds is 12. The first kappa shape index (κ1) is 27.6. The van der Waals surface area contributed by atoms with Gasteiger partial charge in [0, 0.05) is 60.4 Å². The van der Waals surface area contributed by atoms with Crippen molar-refractivity contribution in [1.29, 1.82) is 0 Å².